The number of nitrogens with zero attached hydrogens (tertiary/aromatic N) is 2. The van der Waals surface area contributed by atoms with Gasteiger partial charge in [0.1, 0.15) is 6.10 Å². The summed E-state index contributed by atoms with van der Waals surface area (Å²) < 4.78 is 7.44. The van der Waals surface area contributed by atoms with Crippen LogP contribution in [-0.2, 0) is 11.3 Å². The van der Waals surface area contributed by atoms with Gasteiger partial charge in [-0.05, 0) is 26.2 Å². The number of aryl methyl sites for hydroxylation is 1. The van der Waals surface area contributed by atoms with Gasteiger partial charge in [0, 0.05) is 13.2 Å². The Morgan fingerprint density at radius 1 is 1.71 bits per heavy atom. The van der Waals surface area contributed by atoms with E-state index in [9.17, 15) is 5.11 Å². The molecule has 2 atom stereocenters. The van der Waals surface area contributed by atoms with Gasteiger partial charge in [-0.2, -0.15) is 5.10 Å². The third kappa shape index (κ3) is 2.34. The predicted molar refractivity (Wildman–Crippen MR) is 66.1 cm³/mol. The first-order valence-electron chi connectivity index (χ1n) is 6.11. The summed E-state index contributed by atoms with van der Waals surface area (Å²) >= 11 is 6.12. The molecule has 4 nitrogen and oxygen atoms in total. The van der Waals surface area contributed by atoms with Crippen molar-refractivity contribution in [2.45, 2.75) is 51.4 Å². The first-order valence-corrected chi connectivity index (χ1v) is 6.49. The maximum absolute atomic E-state index is 10.5. The zero-order chi connectivity index (χ0) is 12.5. The molecule has 17 heavy (non-hydrogen) atoms. The Labute approximate surface area is 107 Å². The molecule has 0 spiro atoms. The summed E-state index contributed by atoms with van der Waals surface area (Å²) in [4.78, 5) is 0. The monoisotopic (exact) mass is 258 g/mol. The van der Waals surface area contributed by atoms with E-state index in [1.807, 2.05) is 6.92 Å². The van der Waals surface area contributed by atoms with Crippen molar-refractivity contribution in [3.63, 3.8) is 0 Å². The van der Waals surface area contributed by atoms with Crippen LogP contribution in [0.1, 0.15) is 44.9 Å². The highest BCUT2D eigenvalue weighted by Gasteiger charge is 2.40. The van der Waals surface area contributed by atoms with Crippen LogP contribution in [0, 0.1) is 0 Å². The van der Waals surface area contributed by atoms with Crippen LogP contribution in [0.5, 0.6) is 0 Å². The number of aromatic nitrogens is 2. The SMILES string of the molecule is CCCn1ncc(Cl)c1C(O)C1(C)CCCO1. The largest absolute Gasteiger partial charge is 0.384 e. The molecular weight excluding hydrogens is 240 g/mol. The highest BCUT2D eigenvalue weighted by molar-refractivity contribution is 6.31. The first-order chi connectivity index (χ1) is 8.08. The van der Waals surface area contributed by atoms with Gasteiger partial charge in [0.15, 0.2) is 0 Å². The van der Waals surface area contributed by atoms with E-state index in [4.69, 9.17) is 16.3 Å². The molecule has 2 unspecified atom stereocenters. The summed E-state index contributed by atoms with van der Waals surface area (Å²) in [5, 5.41) is 15.2. The number of aliphatic hydroxyl groups excluding tert-OH is 1. The van der Waals surface area contributed by atoms with E-state index in [-0.39, 0.29) is 0 Å². The molecule has 1 aromatic rings. The van der Waals surface area contributed by atoms with Gasteiger partial charge in [0.05, 0.1) is 22.5 Å². The second kappa shape index (κ2) is 4.96. The molecule has 0 radical (unpaired) electrons. The Balaban J connectivity index is 2.29. The maximum atomic E-state index is 10.5. The molecule has 0 bridgehead atoms. The topological polar surface area (TPSA) is 47.3 Å². The van der Waals surface area contributed by atoms with Crippen LogP contribution in [0.4, 0.5) is 0 Å². The normalized spacial score (nSPS) is 26.4. The number of rotatable bonds is 4. The van der Waals surface area contributed by atoms with Crippen molar-refractivity contribution in [3.05, 3.63) is 16.9 Å². The number of ether oxygens (including phenoxy) is 1. The summed E-state index contributed by atoms with van der Waals surface area (Å²) in [6, 6.07) is 0. The van der Waals surface area contributed by atoms with E-state index in [1.165, 1.54) is 0 Å². The molecule has 2 heterocycles. The van der Waals surface area contributed by atoms with E-state index in [1.54, 1.807) is 10.9 Å². The summed E-state index contributed by atoms with van der Waals surface area (Å²) in [6.07, 6.45) is 3.66. The van der Waals surface area contributed by atoms with E-state index in [2.05, 4.69) is 12.0 Å². The van der Waals surface area contributed by atoms with Crippen LogP contribution < -0.4 is 0 Å². The average molecular weight is 259 g/mol. The van der Waals surface area contributed by atoms with Crippen LogP contribution in [0.3, 0.4) is 0 Å². The van der Waals surface area contributed by atoms with Crippen molar-refractivity contribution in [3.8, 4) is 0 Å². The molecule has 1 aliphatic heterocycles. The fourth-order valence-electron chi connectivity index (χ4n) is 2.34. The minimum absolute atomic E-state index is 0.516. The molecule has 1 aromatic heterocycles. The quantitative estimate of drug-likeness (QED) is 0.903. The van der Waals surface area contributed by atoms with Crippen molar-refractivity contribution >= 4 is 11.6 Å². The van der Waals surface area contributed by atoms with Gasteiger partial charge in [-0.25, -0.2) is 0 Å². The summed E-state index contributed by atoms with van der Waals surface area (Å²) in [7, 11) is 0. The van der Waals surface area contributed by atoms with Gasteiger partial charge in [-0.15, -0.1) is 0 Å². The zero-order valence-corrected chi connectivity index (χ0v) is 11.1. The van der Waals surface area contributed by atoms with Crippen LogP contribution in [-0.4, -0.2) is 27.1 Å². The third-order valence-electron chi connectivity index (χ3n) is 3.36. The Morgan fingerprint density at radius 2 is 2.47 bits per heavy atom. The van der Waals surface area contributed by atoms with E-state index < -0.39 is 11.7 Å². The summed E-state index contributed by atoms with van der Waals surface area (Å²) in [5.41, 5.74) is 0.146. The first kappa shape index (κ1) is 12.9. The van der Waals surface area contributed by atoms with Crippen molar-refractivity contribution in [1.82, 2.24) is 9.78 Å². The summed E-state index contributed by atoms with van der Waals surface area (Å²) in [6.45, 7) is 5.46. The van der Waals surface area contributed by atoms with Gasteiger partial charge in [-0.1, -0.05) is 18.5 Å². The number of hydrogen-bond donors (Lipinski definition) is 1. The van der Waals surface area contributed by atoms with E-state index in [0.717, 1.165) is 25.8 Å². The fraction of sp³-hybridized carbons (Fsp3) is 0.750. The highest BCUT2D eigenvalue weighted by atomic mass is 35.5. The Kier molecular flexibility index (Phi) is 3.76. The Bertz CT molecular complexity index is 386. The molecule has 2 rings (SSSR count). The van der Waals surface area contributed by atoms with Crippen LogP contribution in [0.2, 0.25) is 5.02 Å². The zero-order valence-electron chi connectivity index (χ0n) is 10.3. The van der Waals surface area contributed by atoms with Crippen molar-refractivity contribution in [2.75, 3.05) is 6.61 Å². The molecule has 1 N–H and O–H groups in total. The molecule has 1 aliphatic rings. The number of halogens is 1. The lowest BCUT2D eigenvalue weighted by molar-refractivity contribution is -0.0829. The minimum atomic E-state index is -0.716. The van der Waals surface area contributed by atoms with Crippen LogP contribution in [0.15, 0.2) is 6.20 Å². The predicted octanol–water partition coefficient (Wildman–Crippen LogP) is 2.55. The Morgan fingerprint density at radius 3 is 3.06 bits per heavy atom. The van der Waals surface area contributed by atoms with E-state index >= 15 is 0 Å². The smallest absolute Gasteiger partial charge is 0.126 e. The number of aliphatic hydroxyl groups is 1. The minimum Gasteiger partial charge on any atom is -0.384 e. The molecular formula is C12H19ClN2O2. The molecule has 96 valence electrons. The van der Waals surface area contributed by atoms with Crippen LogP contribution in [0.25, 0.3) is 0 Å². The van der Waals surface area contributed by atoms with Gasteiger partial charge < -0.3 is 9.84 Å². The second-order valence-electron chi connectivity index (χ2n) is 4.77. The van der Waals surface area contributed by atoms with Gasteiger partial charge in [0.25, 0.3) is 0 Å². The third-order valence-corrected chi connectivity index (χ3v) is 3.65. The number of hydrogen-bond acceptors (Lipinski definition) is 3. The summed E-state index contributed by atoms with van der Waals surface area (Å²) in [5.74, 6) is 0. The molecule has 0 aromatic carbocycles. The standard InChI is InChI=1S/C12H19ClN2O2/c1-3-6-15-10(9(13)8-14-15)11(16)12(2)5-4-7-17-12/h8,11,16H,3-7H2,1-2H3. The maximum Gasteiger partial charge on any atom is 0.126 e. The lowest BCUT2D eigenvalue weighted by Crippen LogP contribution is -2.33. The average Bonchev–Trinajstić information content (AvgIpc) is 2.87. The van der Waals surface area contributed by atoms with Crippen molar-refractivity contribution < 1.29 is 9.84 Å². The van der Waals surface area contributed by atoms with Gasteiger partial charge >= 0.3 is 0 Å². The molecule has 0 amide bonds. The van der Waals surface area contributed by atoms with Crippen molar-refractivity contribution in [1.29, 1.82) is 0 Å². The molecule has 5 heteroatoms. The molecule has 0 saturated carbocycles. The van der Waals surface area contributed by atoms with Gasteiger partial charge in [0.2, 0.25) is 0 Å². The van der Waals surface area contributed by atoms with E-state index in [0.29, 0.717) is 17.3 Å². The van der Waals surface area contributed by atoms with Gasteiger partial charge in [-0.3, -0.25) is 4.68 Å². The fourth-order valence-corrected chi connectivity index (χ4v) is 2.58. The van der Waals surface area contributed by atoms with Crippen molar-refractivity contribution in [2.24, 2.45) is 0 Å². The Hall–Kier alpha value is -0.580. The lowest BCUT2D eigenvalue weighted by Gasteiger charge is -2.29. The molecule has 1 fully saturated rings. The van der Waals surface area contributed by atoms with Crippen LogP contribution >= 0.6 is 11.6 Å². The highest BCUT2D eigenvalue weighted by Crippen LogP contribution is 2.39. The molecule has 0 aliphatic carbocycles. The molecule has 1 saturated heterocycles. The lowest BCUT2D eigenvalue weighted by atomic mass is 9.93. The second-order valence-corrected chi connectivity index (χ2v) is 5.18.